The molecule has 0 unspecified atom stereocenters. The lowest BCUT2D eigenvalue weighted by atomic mass is 10.2. The van der Waals surface area contributed by atoms with E-state index in [0.29, 0.717) is 5.56 Å². The predicted octanol–water partition coefficient (Wildman–Crippen LogP) is 2.27. The molecule has 9 heteroatoms. The third kappa shape index (κ3) is 3.67. The average Bonchev–Trinajstić information content (AvgIpc) is 3.15. The Kier molecular flexibility index (Phi) is 4.70. The highest BCUT2D eigenvalue weighted by molar-refractivity contribution is 7.86. The molecule has 0 atom stereocenters. The first-order chi connectivity index (χ1) is 13.4. The van der Waals surface area contributed by atoms with E-state index in [-0.39, 0.29) is 29.8 Å². The maximum atomic E-state index is 12.4. The summed E-state index contributed by atoms with van der Waals surface area (Å²) in [5.41, 5.74) is 1.66. The van der Waals surface area contributed by atoms with Crippen molar-refractivity contribution in [3.05, 3.63) is 66.1 Å². The Morgan fingerprint density at radius 3 is 2.43 bits per heavy atom. The quantitative estimate of drug-likeness (QED) is 0.606. The summed E-state index contributed by atoms with van der Waals surface area (Å²) in [7, 11) is -3.87. The highest BCUT2D eigenvalue weighted by Gasteiger charge is 2.37. The van der Waals surface area contributed by atoms with Crippen molar-refractivity contribution >= 4 is 16.0 Å². The summed E-state index contributed by atoms with van der Waals surface area (Å²) in [6.07, 6.45) is -0.605. The summed E-state index contributed by atoms with van der Waals surface area (Å²) in [6.45, 7) is 2.13. The second-order valence-corrected chi connectivity index (χ2v) is 8.05. The van der Waals surface area contributed by atoms with E-state index in [4.69, 9.17) is 8.60 Å². The molecule has 0 saturated carbocycles. The molecule has 1 aromatic heterocycles. The van der Waals surface area contributed by atoms with Gasteiger partial charge >= 0.3 is 11.8 Å². The minimum atomic E-state index is -3.87. The van der Waals surface area contributed by atoms with Crippen LogP contribution in [-0.4, -0.2) is 48.6 Å². The van der Waals surface area contributed by atoms with Gasteiger partial charge in [0.1, 0.15) is 6.10 Å². The number of rotatable bonds is 5. The van der Waals surface area contributed by atoms with Crippen LogP contribution in [0.25, 0.3) is 11.5 Å². The number of aromatic nitrogens is 2. The third-order valence-corrected chi connectivity index (χ3v) is 5.71. The fraction of sp³-hybridized carbons (Fsp3) is 0.211. The SMILES string of the molecule is Cc1ccc(S(=O)(=O)OC2CN(C(=O)c3nnc(-c4ccccc4)o3)C2)cc1. The second kappa shape index (κ2) is 7.17. The fourth-order valence-corrected chi connectivity index (χ4v) is 3.81. The van der Waals surface area contributed by atoms with Gasteiger partial charge in [0.25, 0.3) is 10.1 Å². The van der Waals surface area contributed by atoms with Crippen molar-refractivity contribution in [2.45, 2.75) is 17.9 Å². The molecule has 3 aromatic rings. The van der Waals surface area contributed by atoms with Gasteiger partial charge in [0.05, 0.1) is 18.0 Å². The Labute approximate surface area is 161 Å². The van der Waals surface area contributed by atoms with Gasteiger partial charge in [0.2, 0.25) is 5.89 Å². The van der Waals surface area contributed by atoms with Gasteiger partial charge in [-0.25, -0.2) is 0 Å². The molecule has 0 aliphatic carbocycles. The normalized spacial score (nSPS) is 14.7. The number of benzene rings is 2. The van der Waals surface area contributed by atoms with Gasteiger partial charge in [-0.05, 0) is 31.2 Å². The van der Waals surface area contributed by atoms with Gasteiger partial charge < -0.3 is 9.32 Å². The van der Waals surface area contributed by atoms with Gasteiger partial charge in [-0.1, -0.05) is 35.9 Å². The average molecular weight is 399 g/mol. The molecule has 4 rings (SSSR count). The van der Waals surface area contributed by atoms with E-state index in [1.54, 1.807) is 24.3 Å². The molecule has 1 amide bonds. The fourth-order valence-electron chi connectivity index (χ4n) is 2.75. The first kappa shape index (κ1) is 18.3. The van der Waals surface area contributed by atoms with Crippen LogP contribution >= 0.6 is 0 Å². The molecule has 2 heterocycles. The van der Waals surface area contributed by atoms with Crippen LogP contribution < -0.4 is 0 Å². The number of hydrogen-bond donors (Lipinski definition) is 0. The van der Waals surface area contributed by atoms with E-state index in [2.05, 4.69) is 10.2 Å². The molecule has 0 N–H and O–H groups in total. The summed E-state index contributed by atoms with van der Waals surface area (Å²) >= 11 is 0. The predicted molar refractivity (Wildman–Crippen MR) is 98.9 cm³/mol. The maximum absolute atomic E-state index is 12.4. The summed E-state index contributed by atoms with van der Waals surface area (Å²) in [4.78, 5) is 13.9. The van der Waals surface area contributed by atoms with Crippen molar-refractivity contribution in [3.8, 4) is 11.5 Å². The van der Waals surface area contributed by atoms with Gasteiger partial charge in [0, 0.05) is 5.56 Å². The molecule has 28 heavy (non-hydrogen) atoms. The Balaban J connectivity index is 1.37. The zero-order valence-electron chi connectivity index (χ0n) is 15.0. The lowest BCUT2D eigenvalue weighted by Gasteiger charge is -2.37. The molecule has 1 aliphatic rings. The van der Waals surface area contributed by atoms with Crippen LogP contribution in [-0.2, 0) is 14.3 Å². The van der Waals surface area contributed by atoms with Crippen molar-refractivity contribution in [2.24, 2.45) is 0 Å². The molecule has 2 aromatic carbocycles. The molecule has 0 spiro atoms. The standard InChI is InChI=1S/C19H17N3O5S/c1-13-7-9-16(10-8-13)28(24,25)27-15-11-22(12-15)19(23)18-21-20-17(26-18)14-5-3-2-4-6-14/h2-10,15H,11-12H2,1H3. The molecular formula is C19H17N3O5S. The molecule has 1 fully saturated rings. The Morgan fingerprint density at radius 2 is 1.75 bits per heavy atom. The van der Waals surface area contributed by atoms with Crippen LogP contribution in [0.1, 0.15) is 16.2 Å². The number of hydrogen-bond acceptors (Lipinski definition) is 7. The molecule has 1 aliphatic heterocycles. The van der Waals surface area contributed by atoms with Crippen LogP contribution in [0, 0.1) is 6.92 Å². The summed E-state index contributed by atoms with van der Waals surface area (Å²) in [5, 5.41) is 7.67. The molecule has 8 nitrogen and oxygen atoms in total. The molecule has 144 valence electrons. The topological polar surface area (TPSA) is 103 Å². The van der Waals surface area contributed by atoms with Crippen LogP contribution in [0.4, 0.5) is 0 Å². The van der Waals surface area contributed by atoms with E-state index in [0.717, 1.165) is 5.56 Å². The van der Waals surface area contributed by atoms with E-state index in [1.807, 2.05) is 25.1 Å². The molecular weight excluding hydrogens is 382 g/mol. The van der Waals surface area contributed by atoms with Crippen LogP contribution in [0.3, 0.4) is 0 Å². The van der Waals surface area contributed by atoms with Gasteiger partial charge in [-0.2, -0.15) is 8.42 Å². The number of nitrogens with zero attached hydrogens (tertiary/aromatic N) is 3. The van der Waals surface area contributed by atoms with Crippen molar-refractivity contribution in [3.63, 3.8) is 0 Å². The largest absolute Gasteiger partial charge is 0.412 e. The number of aryl methyl sites for hydroxylation is 1. The highest BCUT2D eigenvalue weighted by atomic mass is 32.2. The molecule has 1 saturated heterocycles. The van der Waals surface area contributed by atoms with E-state index >= 15 is 0 Å². The number of amides is 1. The molecule has 0 bridgehead atoms. The number of carbonyl (C=O) groups is 1. The minimum Gasteiger partial charge on any atom is -0.412 e. The zero-order chi connectivity index (χ0) is 19.7. The van der Waals surface area contributed by atoms with Crippen molar-refractivity contribution in [1.82, 2.24) is 15.1 Å². The van der Waals surface area contributed by atoms with Crippen molar-refractivity contribution < 1.29 is 21.8 Å². The maximum Gasteiger partial charge on any atom is 0.311 e. The minimum absolute atomic E-state index is 0.0901. The lowest BCUT2D eigenvalue weighted by molar-refractivity contribution is 0.0174. The van der Waals surface area contributed by atoms with Crippen molar-refractivity contribution in [2.75, 3.05) is 13.1 Å². The van der Waals surface area contributed by atoms with Crippen molar-refractivity contribution in [1.29, 1.82) is 0 Å². The molecule has 0 radical (unpaired) electrons. The first-order valence-corrected chi connectivity index (χ1v) is 10.0. The van der Waals surface area contributed by atoms with Gasteiger partial charge in [0.15, 0.2) is 0 Å². The Morgan fingerprint density at radius 1 is 1.07 bits per heavy atom. The van der Waals surface area contributed by atoms with E-state index in [9.17, 15) is 13.2 Å². The van der Waals surface area contributed by atoms with Crippen LogP contribution in [0.5, 0.6) is 0 Å². The monoisotopic (exact) mass is 399 g/mol. The van der Waals surface area contributed by atoms with E-state index in [1.165, 1.54) is 17.0 Å². The smallest absolute Gasteiger partial charge is 0.311 e. The lowest BCUT2D eigenvalue weighted by Crippen LogP contribution is -2.55. The summed E-state index contributed by atoms with van der Waals surface area (Å²) in [6, 6.07) is 15.5. The zero-order valence-corrected chi connectivity index (χ0v) is 15.8. The Bertz CT molecular complexity index is 1090. The van der Waals surface area contributed by atoms with Gasteiger partial charge in [-0.3, -0.25) is 8.98 Å². The van der Waals surface area contributed by atoms with E-state index < -0.39 is 22.1 Å². The highest BCUT2D eigenvalue weighted by Crippen LogP contribution is 2.23. The summed E-state index contributed by atoms with van der Waals surface area (Å²) < 4.78 is 35.2. The third-order valence-electron chi connectivity index (χ3n) is 4.34. The van der Waals surface area contributed by atoms with Crippen LogP contribution in [0.15, 0.2) is 63.9 Å². The first-order valence-electron chi connectivity index (χ1n) is 8.60. The number of carbonyl (C=O) groups excluding carboxylic acids is 1. The summed E-state index contributed by atoms with van der Waals surface area (Å²) in [5.74, 6) is -0.347. The Hall–Kier alpha value is -3.04. The van der Waals surface area contributed by atoms with Crippen LogP contribution in [0.2, 0.25) is 0 Å². The number of likely N-dealkylation sites (tertiary alicyclic amines) is 1. The second-order valence-electron chi connectivity index (χ2n) is 6.47. The van der Waals surface area contributed by atoms with Gasteiger partial charge in [-0.15, -0.1) is 10.2 Å².